The second-order valence-corrected chi connectivity index (χ2v) is 15.7. The summed E-state index contributed by atoms with van der Waals surface area (Å²) in [6.45, 7) is 0. The summed E-state index contributed by atoms with van der Waals surface area (Å²) in [6.07, 6.45) is 0. The first kappa shape index (κ1) is 36.1. The SMILES string of the molecule is c1ccc(-c2cc(-c3cccc4ccccc34)cc(-c3ccccc3)c2-c2cccc(N(c3ccccc3)c3ccc(-c4cc5ccccc5c5ccccc45)cc3)c2)cc1. The molecule has 11 aromatic carbocycles. The molecule has 1 heteroatoms. The molecule has 0 spiro atoms. The highest BCUT2D eigenvalue weighted by atomic mass is 15.1. The number of hydrogen-bond donors (Lipinski definition) is 0. The summed E-state index contributed by atoms with van der Waals surface area (Å²) in [4.78, 5) is 2.38. The van der Waals surface area contributed by atoms with Crippen molar-refractivity contribution in [2.24, 2.45) is 0 Å². The molecule has 0 aliphatic heterocycles. The molecule has 0 unspecified atom stereocenters. The Bertz CT molecular complexity index is 3270. The van der Waals surface area contributed by atoms with Gasteiger partial charge in [-0.2, -0.15) is 0 Å². The minimum Gasteiger partial charge on any atom is -0.310 e. The zero-order valence-electron chi connectivity index (χ0n) is 33.6. The van der Waals surface area contributed by atoms with Gasteiger partial charge in [0, 0.05) is 17.1 Å². The molecule has 0 saturated carbocycles. The molecular weight excluding hydrogens is 735 g/mol. The Morgan fingerprint density at radius 2 is 0.689 bits per heavy atom. The van der Waals surface area contributed by atoms with E-state index in [1.807, 2.05) is 0 Å². The Kier molecular flexibility index (Phi) is 9.26. The van der Waals surface area contributed by atoms with Crippen molar-refractivity contribution >= 4 is 49.4 Å². The maximum atomic E-state index is 2.40. The molecule has 0 N–H and O–H groups in total. The van der Waals surface area contributed by atoms with E-state index in [-0.39, 0.29) is 0 Å². The van der Waals surface area contributed by atoms with Crippen molar-refractivity contribution in [2.75, 3.05) is 4.90 Å². The van der Waals surface area contributed by atoms with E-state index < -0.39 is 0 Å². The van der Waals surface area contributed by atoms with Crippen molar-refractivity contribution < 1.29 is 0 Å². The fraction of sp³-hybridized carbons (Fsp3) is 0. The van der Waals surface area contributed by atoms with Crippen LogP contribution >= 0.6 is 0 Å². The topological polar surface area (TPSA) is 3.24 Å². The first-order chi connectivity index (χ1) is 30.3. The summed E-state index contributed by atoms with van der Waals surface area (Å²) in [5.41, 5.74) is 15.2. The van der Waals surface area contributed by atoms with Gasteiger partial charge in [-0.3, -0.25) is 0 Å². The predicted molar refractivity (Wildman–Crippen MR) is 261 cm³/mol. The van der Waals surface area contributed by atoms with E-state index in [0.717, 1.165) is 22.6 Å². The molecule has 1 nitrogen and oxygen atoms in total. The van der Waals surface area contributed by atoms with Gasteiger partial charge in [-0.05, 0) is 143 Å². The number of hydrogen-bond acceptors (Lipinski definition) is 1. The average molecular weight is 776 g/mol. The van der Waals surface area contributed by atoms with Crippen molar-refractivity contribution in [2.45, 2.75) is 0 Å². The second-order valence-electron chi connectivity index (χ2n) is 15.7. The molecule has 286 valence electrons. The Morgan fingerprint density at radius 1 is 0.213 bits per heavy atom. The highest BCUT2D eigenvalue weighted by molar-refractivity contribution is 6.14. The summed E-state index contributed by atoms with van der Waals surface area (Å²) in [5.74, 6) is 0. The molecule has 11 aromatic rings. The number of rotatable bonds is 8. The Labute approximate surface area is 357 Å². The molecule has 0 fully saturated rings. The van der Waals surface area contributed by atoms with Crippen molar-refractivity contribution in [3.8, 4) is 55.6 Å². The molecule has 0 atom stereocenters. The fourth-order valence-corrected chi connectivity index (χ4v) is 9.18. The van der Waals surface area contributed by atoms with Gasteiger partial charge in [0.2, 0.25) is 0 Å². The van der Waals surface area contributed by atoms with E-state index in [2.05, 4.69) is 254 Å². The molecule has 0 saturated heterocycles. The molecule has 0 aromatic heterocycles. The molecule has 0 aliphatic rings. The van der Waals surface area contributed by atoms with Crippen LogP contribution < -0.4 is 4.90 Å². The van der Waals surface area contributed by atoms with E-state index in [1.54, 1.807) is 0 Å². The maximum Gasteiger partial charge on any atom is 0.0467 e. The summed E-state index contributed by atoms with van der Waals surface area (Å²) in [5, 5.41) is 7.55. The molecule has 11 rings (SSSR count). The molecular formula is C60H41N. The summed E-state index contributed by atoms with van der Waals surface area (Å²) >= 11 is 0. The minimum absolute atomic E-state index is 1.09. The molecule has 0 bridgehead atoms. The standard InChI is InChI=1S/C60H41N/c1-4-18-43(19-5-1)58-40-48(54-33-17-24-42-22-10-12-29-52(42)54)41-59(44-20-6-2-7-21-44)60(58)47-25-16-28-51(38-47)61(49-26-8-3-9-27-49)50-36-34-45(35-37-50)57-39-46-23-11-13-30-53(46)55-31-14-15-32-56(55)57/h1-41H. The van der Waals surface area contributed by atoms with E-state index in [4.69, 9.17) is 0 Å². The third kappa shape index (κ3) is 6.73. The van der Waals surface area contributed by atoms with Crippen LogP contribution in [0.25, 0.3) is 88.0 Å². The van der Waals surface area contributed by atoms with Crippen LogP contribution in [0.15, 0.2) is 249 Å². The Hall–Kier alpha value is -8.00. The van der Waals surface area contributed by atoms with E-state index >= 15 is 0 Å². The summed E-state index contributed by atoms with van der Waals surface area (Å²) < 4.78 is 0. The molecule has 61 heavy (non-hydrogen) atoms. The Balaban J connectivity index is 1.09. The molecule has 0 amide bonds. The van der Waals surface area contributed by atoms with Gasteiger partial charge in [0.1, 0.15) is 0 Å². The van der Waals surface area contributed by atoms with Crippen LogP contribution in [-0.2, 0) is 0 Å². The lowest BCUT2D eigenvalue weighted by atomic mass is 9.84. The lowest BCUT2D eigenvalue weighted by Gasteiger charge is -2.27. The van der Waals surface area contributed by atoms with E-state index in [9.17, 15) is 0 Å². The number of benzene rings is 11. The molecule has 0 heterocycles. The van der Waals surface area contributed by atoms with Gasteiger partial charge < -0.3 is 4.90 Å². The average Bonchev–Trinajstić information content (AvgIpc) is 3.34. The number of para-hydroxylation sites is 1. The van der Waals surface area contributed by atoms with Crippen molar-refractivity contribution in [3.63, 3.8) is 0 Å². The monoisotopic (exact) mass is 775 g/mol. The van der Waals surface area contributed by atoms with Crippen LogP contribution in [0.4, 0.5) is 17.1 Å². The van der Waals surface area contributed by atoms with Gasteiger partial charge in [0.15, 0.2) is 0 Å². The number of anilines is 3. The maximum absolute atomic E-state index is 2.40. The first-order valence-corrected chi connectivity index (χ1v) is 21.0. The first-order valence-electron chi connectivity index (χ1n) is 21.0. The molecule has 0 radical (unpaired) electrons. The normalized spacial score (nSPS) is 11.3. The van der Waals surface area contributed by atoms with Crippen LogP contribution in [-0.4, -0.2) is 0 Å². The number of fused-ring (bicyclic) bond motifs is 4. The van der Waals surface area contributed by atoms with Crippen molar-refractivity contribution in [3.05, 3.63) is 249 Å². The highest BCUT2D eigenvalue weighted by Gasteiger charge is 2.20. The number of nitrogens with zero attached hydrogens (tertiary/aromatic N) is 1. The third-order valence-electron chi connectivity index (χ3n) is 12.0. The second kappa shape index (κ2) is 15.6. The van der Waals surface area contributed by atoms with Crippen LogP contribution in [0.2, 0.25) is 0 Å². The largest absolute Gasteiger partial charge is 0.310 e. The van der Waals surface area contributed by atoms with Crippen LogP contribution in [0.5, 0.6) is 0 Å². The van der Waals surface area contributed by atoms with Crippen molar-refractivity contribution in [1.82, 2.24) is 0 Å². The van der Waals surface area contributed by atoms with Gasteiger partial charge in [-0.1, -0.05) is 194 Å². The quantitative estimate of drug-likeness (QED) is 0.139. The smallest absolute Gasteiger partial charge is 0.0467 e. The lowest BCUT2D eigenvalue weighted by Crippen LogP contribution is -2.10. The zero-order chi connectivity index (χ0) is 40.5. The highest BCUT2D eigenvalue weighted by Crippen LogP contribution is 2.46. The lowest BCUT2D eigenvalue weighted by molar-refractivity contribution is 1.28. The van der Waals surface area contributed by atoms with Crippen LogP contribution in [0.3, 0.4) is 0 Å². The van der Waals surface area contributed by atoms with Crippen LogP contribution in [0.1, 0.15) is 0 Å². The van der Waals surface area contributed by atoms with E-state index in [0.29, 0.717) is 0 Å². The third-order valence-corrected chi connectivity index (χ3v) is 12.0. The predicted octanol–water partition coefficient (Wildman–Crippen LogP) is 17.0. The van der Waals surface area contributed by atoms with Gasteiger partial charge in [0.05, 0.1) is 0 Å². The van der Waals surface area contributed by atoms with Gasteiger partial charge in [-0.25, -0.2) is 0 Å². The zero-order valence-corrected chi connectivity index (χ0v) is 33.6. The fourth-order valence-electron chi connectivity index (χ4n) is 9.18. The summed E-state index contributed by atoms with van der Waals surface area (Å²) in [6, 6.07) is 90.5. The van der Waals surface area contributed by atoms with Crippen molar-refractivity contribution in [1.29, 1.82) is 0 Å². The van der Waals surface area contributed by atoms with Crippen LogP contribution in [0, 0.1) is 0 Å². The van der Waals surface area contributed by atoms with Gasteiger partial charge in [-0.15, -0.1) is 0 Å². The Morgan fingerprint density at radius 3 is 1.38 bits per heavy atom. The van der Waals surface area contributed by atoms with Gasteiger partial charge >= 0.3 is 0 Å². The summed E-state index contributed by atoms with van der Waals surface area (Å²) in [7, 11) is 0. The molecule has 0 aliphatic carbocycles. The minimum atomic E-state index is 1.09. The van der Waals surface area contributed by atoms with Gasteiger partial charge in [0.25, 0.3) is 0 Å². The van der Waals surface area contributed by atoms with E-state index in [1.165, 1.54) is 82.4 Å².